The van der Waals surface area contributed by atoms with Crippen molar-refractivity contribution >= 4 is 0 Å². The van der Waals surface area contributed by atoms with Crippen molar-refractivity contribution in [2.24, 2.45) is 11.8 Å². The minimum atomic E-state index is 0.371. The lowest BCUT2D eigenvalue weighted by Gasteiger charge is -2.43. The second kappa shape index (κ2) is 6.02. The Kier molecular flexibility index (Phi) is 5.26. The first kappa shape index (κ1) is 14.0. The zero-order chi connectivity index (χ0) is 12.2. The number of hydrogen-bond donors (Lipinski definition) is 1. The van der Waals surface area contributed by atoms with E-state index in [4.69, 9.17) is 0 Å². The molecule has 1 unspecified atom stereocenters. The van der Waals surface area contributed by atoms with Crippen LogP contribution < -0.4 is 5.32 Å². The molecule has 0 amide bonds. The van der Waals surface area contributed by atoms with E-state index in [0.29, 0.717) is 5.54 Å². The fourth-order valence-corrected chi connectivity index (χ4v) is 3.02. The predicted octanol–water partition coefficient (Wildman–Crippen LogP) is 2.74. The van der Waals surface area contributed by atoms with Gasteiger partial charge >= 0.3 is 0 Å². The number of nitrogens with one attached hydrogen (secondary N) is 1. The third kappa shape index (κ3) is 4.06. The number of nitrogens with zero attached hydrogens (tertiary/aromatic N) is 1. The monoisotopic (exact) mass is 226 g/mol. The van der Waals surface area contributed by atoms with Crippen LogP contribution in [0.5, 0.6) is 0 Å². The molecule has 1 heterocycles. The number of hydrogen-bond acceptors (Lipinski definition) is 2. The molecule has 96 valence electrons. The number of piperidine rings is 1. The van der Waals surface area contributed by atoms with Crippen LogP contribution in [0.25, 0.3) is 0 Å². The Labute approximate surface area is 102 Å². The van der Waals surface area contributed by atoms with Gasteiger partial charge in [-0.25, -0.2) is 0 Å². The summed E-state index contributed by atoms with van der Waals surface area (Å²) in [6.45, 7) is 13.3. The average molecular weight is 226 g/mol. The summed E-state index contributed by atoms with van der Waals surface area (Å²) in [6, 6.07) is 0. The van der Waals surface area contributed by atoms with Crippen molar-refractivity contribution in [2.45, 2.75) is 52.5 Å². The van der Waals surface area contributed by atoms with Crippen LogP contribution in [0.3, 0.4) is 0 Å². The minimum absolute atomic E-state index is 0.371. The Balaban J connectivity index is 2.43. The third-order valence-electron chi connectivity index (χ3n) is 4.04. The van der Waals surface area contributed by atoms with E-state index in [9.17, 15) is 0 Å². The van der Waals surface area contributed by atoms with Crippen LogP contribution in [-0.4, -0.2) is 37.1 Å². The van der Waals surface area contributed by atoms with Gasteiger partial charge in [-0.15, -0.1) is 0 Å². The fraction of sp³-hybridized carbons (Fsp3) is 1.00. The van der Waals surface area contributed by atoms with Crippen LogP contribution in [0, 0.1) is 11.8 Å². The van der Waals surface area contributed by atoms with Crippen molar-refractivity contribution in [3.63, 3.8) is 0 Å². The molecular formula is C14H30N2. The van der Waals surface area contributed by atoms with Crippen molar-refractivity contribution < 1.29 is 0 Å². The third-order valence-corrected chi connectivity index (χ3v) is 4.04. The SMILES string of the molecule is CNCC(C)CC(C)(C)N1CCC(C)CC1. The summed E-state index contributed by atoms with van der Waals surface area (Å²) in [5, 5.41) is 3.28. The summed E-state index contributed by atoms with van der Waals surface area (Å²) >= 11 is 0. The molecule has 0 bridgehead atoms. The van der Waals surface area contributed by atoms with E-state index in [-0.39, 0.29) is 0 Å². The molecule has 2 heteroatoms. The van der Waals surface area contributed by atoms with Gasteiger partial charge in [0.25, 0.3) is 0 Å². The van der Waals surface area contributed by atoms with Gasteiger partial charge < -0.3 is 5.32 Å². The van der Waals surface area contributed by atoms with Crippen molar-refractivity contribution in [3.05, 3.63) is 0 Å². The first-order valence-electron chi connectivity index (χ1n) is 6.85. The van der Waals surface area contributed by atoms with Crippen LogP contribution >= 0.6 is 0 Å². The average Bonchev–Trinajstić information content (AvgIpc) is 2.17. The Morgan fingerprint density at radius 1 is 1.31 bits per heavy atom. The van der Waals surface area contributed by atoms with Gasteiger partial charge in [-0.1, -0.05) is 13.8 Å². The van der Waals surface area contributed by atoms with Gasteiger partial charge in [0.2, 0.25) is 0 Å². The van der Waals surface area contributed by atoms with Crippen LogP contribution in [0.2, 0.25) is 0 Å². The van der Waals surface area contributed by atoms with E-state index in [2.05, 4.69) is 37.9 Å². The summed E-state index contributed by atoms with van der Waals surface area (Å²) in [4.78, 5) is 2.69. The van der Waals surface area contributed by atoms with Gasteiger partial charge in [0.15, 0.2) is 0 Å². The van der Waals surface area contributed by atoms with Gasteiger partial charge in [0, 0.05) is 5.54 Å². The van der Waals surface area contributed by atoms with E-state index in [1.807, 2.05) is 7.05 Å². The summed E-state index contributed by atoms with van der Waals surface area (Å²) < 4.78 is 0. The van der Waals surface area contributed by atoms with Gasteiger partial charge in [0.1, 0.15) is 0 Å². The van der Waals surface area contributed by atoms with E-state index in [1.54, 1.807) is 0 Å². The molecule has 1 rings (SSSR count). The lowest BCUT2D eigenvalue weighted by molar-refractivity contribution is 0.0609. The second-order valence-electron chi connectivity index (χ2n) is 6.35. The molecule has 0 saturated carbocycles. The fourth-order valence-electron chi connectivity index (χ4n) is 3.02. The summed E-state index contributed by atoms with van der Waals surface area (Å²) in [6.07, 6.45) is 4.05. The Bertz CT molecular complexity index is 193. The lowest BCUT2D eigenvalue weighted by atomic mass is 9.87. The second-order valence-corrected chi connectivity index (χ2v) is 6.35. The molecule has 1 aliphatic heterocycles. The highest BCUT2D eigenvalue weighted by atomic mass is 15.2. The van der Waals surface area contributed by atoms with Crippen molar-refractivity contribution in [1.29, 1.82) is 0 Å². The van der Waals surface area contributed by atoms with Crippen molar-refractivity contribution in [1.82, 2.24) is 10.2 Å². The molecule has 1 fully saturated rings. The quantitative estimate of drug-likeness (QED) is 0.775. The summed E-state index contributed by atoms with van der Waals surface area (Å²) in [7, 11) is 2.05. The topological polar surface area (TPSA) is 15.3 Å². The first-order chi connectivity index (χ1) is 7.45. The van der Waals surface area contributed by atoms with Crippen LogP contribution in [-0.2, 0) is 0 Å². The molecule has 16 heavy (non-hydrogen) atoms. The largest absolute Gasteiger partial charge is 0.319 e. The normalized spacial score (nSPS) is 22.3. The minimum Gasteiger partial charge on any atom is -0.319 e. The lowest BCUT2D eigenvalue weighted by Crippen LogP contribution is -2.49. The first-order valence-corrected chi connectivity index (χ1v) is 6.85. The van der Waals surface area contributed by atoms with Crippen molar-refractivity contribution in [3.8, 4) is 0 Å². The molecule has 1 saturated heterocycles. The predicted molar refractivity (Wildman–Crippen MR) is 71.8 cm³/mol. The van der Waals surface area contributed by atoms with E-state index >= 15 is 0 Å². The molecule has 0 aromatic heterocycles. The molecule has 1 N–H and O–H groups in total. The molecular weight excluding hydrogens is 196 g/mol. The van der Waals surface area contributed by atoms with Crippen molar-refractivity contribution in [2.75, 3.05) is 26.7 Å². The highest BCUT2D eigenvalue weighted by Gasteiger charge is 2.30. The molecule has 0 aliphatic carbocycles. The van der Waals surface area contributed by atoms with Gasteiger partial charge in [0.05, 0.1) is 0 Å². The van der Waals surface area contributed by atoms with E-state index in [0.717, 1.165) is 18.4 Å². The van der Waals surface area contributed by atoms with Crippen LogP contribution in [0.1, 0.15) is 47.0 Å². The highest BCUT2D eigenvalue weighted by Crippen LogP contribution is 2.28. The highest BCUT2D eigenvalue weighted by molar-refractivity contribution is 4.86. The number of likely N-dealkylation sites (tertiary alicyclic amines) is 1. The standard InChI is InChI=1S/C14H30N2/c1-12-6-8-16(9-7-12)14(3,4)10-13(2)11-15-5/h12-13,15H,6-11H2,1-5H3. The summed E-state index contributed by atoms with van der Waals surface area (Å²) in [5.41, 5.74) is 0.371. The van der Waals surface area contributed by atoms with E-state index < -0.39 is 0 Å². The molecule has 0 radical (unpaired) electrons. The molecule has 1 atom stereocenters. The van der Waals surface area contributed by atoms with Gasteiger partial charge in [-0.05, 0) is 71.6 Å². The number of rotatable bonds is 5. The maximum Gasteiger partial charge on any atom is 0.0156 e. The van der Waals surface area contributed by atoms with E-state index in [1.165, 1.54) is 32.4 Å². The van der Waals surface area contributed by atoms with Crippen LogP contribution in [0.4, 0.5) is 0 Å². The molecule has 0 spiro atoms. The molecule has 0 aromatic carbocycles. The van der Waals surface area contributed by atoms with Gasteiger partial charge in [-0.3, -0.25) is 4.90 Å². The summed E-state index contributed by atoms with van der Waals surface area (Å²) in [5.74, 6) is 1.70. The molecule has 1 aliphatic rings. The maximum absolute atomic E-state index is 3.28. The Hall–Kier alpha value is -0.0800. The maximum atomic E-state index is 3.28. The zero-order valence-electron chi connectivity index (χ0n) is 11.8. The zero-order valence-corrected chi connectivity index (χ0v) is 11.8. The van der Waals surface area contributed by atoms with Gasteiger partial charge in [-0.2, -0.15) is 0 Å². The Morgan fingerprint density at radius 3 is 2.38 bits per heavy atom. The van der Waals surface area contributed by atoms with Crippen LogP contribution in [0.15, 0.2) is 0 Å². The Morgan fingerprint density at radius 2 is 1.88 bits per heavy atom. The molecule has 0 aromatic rings. The smallest absolute Gasteiger partial charge is 0.0156 e. The molecule has 2 nitrogen and oxygen atoms in total.